The van der Waals surface area contributed by atoms with Crippen LogP contribution in [0.5, 0.6) is 0 Å². The Morgan fingerprint density at radius 3 is 2.32 bits per heavy atom. The Labute approximate surface area is 206 Å². The molecule has 0 aliphatic heterocycles. The Bertz CT molecular complexity index is 1280. The van der Waals surface area contributed by atoms with Gasteiger partial charge in [-0.05, 0) is 52.9 Å². The molecule has 2 N–H and O–H groups in total. The molecule has 5 heteroatoms. The van der Waals surface area contributed by atoms with Gasteiger partial charge >= 0.3 is 0 Å². The van der Waals surface area contributed by atoms with Gasteiger partial charge < -0.3 is 10.6 Å². The first kappa shape index (κ1) is 23.5. The first-order valence-electron chi connectivity index (χ1n) is 11.3. The van der Waals surface area contributed by atoms with Crippen LogP contribution in [0.15, 0.2) is 91.1 Å². The van der Waals surface area contributed by atoms with Crippen LogP contribution in [-0.2, 0) is 12.0 Å². The number of amides is 1. The number of hydrogen-bond acceptors (Lipinski definition) is 3. The second-order valence-corrected chi connectivity index (χ2v) is 9.62. The van der Waals surface area contributed by atoms with Crippen LogP contribution in [0.1, 0.15) is 42.3 Å². The normalized spacial score (nSPS) is 11.2. The third-order valence-corrected chi connectivity index (χ3v) is 5.94. The monoisotopic (exact) mass is 469 g/mol. The lowest BCUT2D eigenvalue weighted by atomic mass is 9.87. The van der Waals surface area contributed by atoms with E-state index < -0.39 is 0 Å². The van der Waals surface area contributed by atoms with Gasteiger partial charge in [-0.25, -0.2) is 0 Å². The van der Waals surface area contributed by atoms with E-state index in [-0.39, 0.29) is 11.3 Å². The predicted molar refractivity (Wildman–Crippen MR) is 142 cm³/mol. The number of anilines is 2. The maximum Gasteiger partial charge on any atom is 0.257 e. The number of carbonyl (C=O) groups is 1. The van der Waals surface area contributed by atoms with Gasteiger partial charge in [-0.2, -0.15) is 0 Å². The molecule has 4 rings (SSSR count). The summed E-state index contributed by atoms with van der Waals surface area (Å²) in [4.78, 5) is 17.7. The smallest absolute Gasteiger partial charge is 0.257 e. The zero-order chi connectivity index (χ0) is 24.1. The van der Waals surface area contributed by atoms with E-state index in [1.54, 1.807) is 12.3 Å². The number of aromatic nitrogens is 1. The Hall–Kier alpha value is -3.63. The van der Waals surface area contributed by atoms with Gasteiger partial charge in [0.15, 0.2) is 0 Å². The largest absolute Gasteiger partial charge is 0.380 e. The molecule has 0 bridgehead atoms. The molecule has 0 saturated carbocycles. The highest BCUT2D eigenvalue weighted by Gasteiger charge is 2.16. The maximum atomic E-state index is 13.3. The molecule has 1 amide bonds. The summed E-state index contributed by atoms with van der Waals surface area (Å²) in [5.74, 6) is -0.183. The number of hydrogen-bond donors (Lipinski definition) is 2. The molecule has 0 radical (unpaired) electrons. The molecule has 1 aromatic heterocycles. The average molecular weight is 470 g/mol. The number of nitrogens with one attached hydrogen (secondary N) is 2. The lowest BCUT2D eigenvalue weighted by Gasteiger charge is -2.19. The Morgan fingerprint density at radius 2 is 1.65 bits per heavy atom. The van der Waals surface area contributed by atoms with Crippen LogP contribution in [0.25, 0.3) is 11.3 Å². The molecule has 4 nitrogen and oxygen atoms in total. The van der Waals surface area contributed by atoms with Crippen molar-refractivity contribution in [1.29, 1.82) is 0 Å². The average Bonchev–Trinajstić information content (AvgIpc) is 2.83. The molecule has 34 heavy (non-hydrogen) atoms. The first-order chi connectivity index (χ1) is 16.3. The second-order valence-electron chi connectivity index (χ2n) is 9.21. The van der Waals surface area contributed by atoms with Crippen LogP contribution in [0.3, 0.4) is 0 Å². The highest BCUT2D eigenvalue weighted by atomic mass is 35.5. The summed E-state index contributed by atoms with van der Waals surface area (Å²) in [5, 5.41) is 7.01. The molecular weight excluding hydrogens is 442 g/mol. The maximum absolute atomic E-state index is 13.3. The van der Waals surface area contributed by atoms with Crippen molar-refractivity contribution in [1.82, 2.24) is 4.98 Å². The fraction of sp³-hybridized carbons (Fsp3) is 0.172. The lowest BCUT2D eigenvalue weighted by molar-refractivity contribution is 0.102. The number of carbonyl (C=O) groups excluding carboxylic acids is 1. The minimum absolute atomic E-state index is 0.0552. The van der Waals surface area contributed by atoms with Crippen molar-refractivity contribution in [2.75, 3.05) is 10.6 Å². The third-order valence-electron chi connectivity index (χ3n) is 5.63. The Kier molecular flexibility index (Phi) is 6.99. The highest BCUT2D eigenvalue weighted by Crippen LogP contribution is 2.30. The van der Waals surface area contributed by atoms with Crippen molar-refractivity contribution in [3.05, 3.63) is 113 Å². The van der Waals surface area contributed by atoms with E-state index >= 15 is 0 Å². The van der Waals surface area contributed by atoms with Crippen molar-refractivity contribution in [2.45, 2.75) is 32.7 Å². The molecule has 1 heterocycles. The highest BCUT2D eigenvalue weighted by molar-refractivity contribution is 6.33. The summed E-state index contributed by atoms with van der Waals surface area (Å²) in [5.41, 5.74) is 5.92. The van der Waals surface area contributed by atoms with Crippen LogP contribution in [-0.4, -0.2) is 10.9 Å². The van der Waals surface area contributed by atoms with E-state index in [1.165, 1.54) is 5.56 Å². The number of benzene rings is 3. The van der Waals surface area contributed by atoms with Crippen LogP contribution in [0.2, 0.25) is 5.02 Å². The second kappa shape index (κ2) is 10.1. The molecule has 0 fully saturated rings. The number of pyridine rings is 1. The van der Waals surface area contributed by atoms with E-state index in [0.717, 1.165) is 16.8 Å². The zero-order valence-electron chi connectivity index (χ0n) is 19.6. The van der Waals surface area contributed by atoms with Crippen molar-refractivity contribution >= 4 is 28.9 Å². The van der Waals surface area contributed by atoms with Gasteiger partial charge in [-0.15, -0.1) is 0 Å². The summed E-state index contributed by atoms with van der Waals surface area (Å²) in [6.45, 7) is 7.09. The molecular formula is C29H28ClN3O. The van der Waals surface area contributed by atoms with E-state index in [0.29, 0.717) is 28.5 Å². The molecule has 0 aliphatic carbocycles. The van der Waals surface area contributed by atoms with E-state index in [9.17, 15) is 4.79 Å². The predicted octanol–water partition coefficient (Wildman–Crippen LogP) is 7.56. The molecule has 3 aromatic carbocycles. The van der Waals surface area contributed by atoms with E-state index in [1.807, 2.05) is 66.7 Å². The van der Waals surface area contributed by atoms with Crippen molar-refractivity contribution in [3.8, 4) is 11.3 Å². The summed E-state index contributed by atoms with van der Waals surface area (Å²) >= 11 is 6.38. The SMILES string of the molecule is CC(C)(C)c1ccc(NC(=O)c2ccc(-c3ncccc3Cl)cc2NCc2ccccc2)cc1. The summed E-state index contributed by atoms with van der Waals surface area (Å²) in [7, 11) is 0. The van der Waals surface area contributed by atoms with Gasteiger partial charge in [-0.3, -0.25) is 9.78 Å². The van der Waals surface area contributed by atoms with Gasteiger partial charge in [0.05, 0.1) is 16.3 Å². The van der Waals surface area contributed by atoms with Crippen LogP contribution in [0.4, 0.5) is 11.4 Å². The van der Waals surface area contributed by atoms with Crippen LogP contribution >= 0.6 is 11.6 Å². The van der Waals surface area contributed by atoms with Gasteiger partial charge in [0.25, 0.3) is 5.91 Å². The van der Waals surface area contributed by atoms with Gasteiger partial charge in [0, 0.05) is 29.7 Å². The number of nitrogens with zero attached hydrogens (tertiary/aromatic N) is 1. The topological polar surface area (TPSA) is 54.0 Å². The van der Waals surface area contributed by atoms with Crippen molar-refractivity contribution in [3.63, 3.8) is 0 Å². The fourth-order valence-electron chi connectivity index (χ4n) is 3.68. The zero-order valence-corrected chi connectivity index (χ0v) is 20.4. The van der Waals surface area contributed by atoms with Crippen LogP contribution < -0.4 is 10.6 Å². The number of rotatable bonds is 6. The standard InChI is InChI=1S/C29H28ClN3O/c1-29(2,3)22-12-14-23(15-13-22)33-28(34)24-16-11-21(27-25(30)10-7-17-31-27)18-26(24)32-19-20-8-5-4-6-9-20/h4-18,32H,19H2,1-3H3,(H,33,34). The van der Waals surface area contributed by atoms with E-state index in [4.69, 9.17) is 11.6 Å². The Balaban J connectivity index is 1.63. The third kappa shape index (κ3) is 5.64. The van der Waals surface area contributed by atoms with Crippen molar-refractivity contribution in [2.24, 2.45) is 0 Å². The molecule has 0 unspecified atom stereocenters. The Morgan fingerprint density at radius 1 is 0.912 bits per heavy atom. The lowest BCUT2D eigenvalue weighted by Crippen LogP contribution is -2.16. The number of halogens is 1. The summed E-state index contributed by atoms with van der Waals surface area (Å²) in [6.07, 6.45) is 1.71. The molecule has 0 spiro atoms. The quantitative estimate of drug-likeness (QED) is 0.306. The molecule has 172 valence electrons. The molecule has 0 saturated heterocycles. The summed E-state index contributed by atoms with van der Waals surface area (Å²) in [6, 6.07) is 27.3. The summed E-state index contributed by atoms with van der Waals surface area (Å²) < 4.78 is 0. The molecule has 0 atom stereocenters. The minimum Gasteiger partial charge on any atom is -0.380 e. The van der Waals surface area contributed by atoms with Gasteiger partial charge in [0.1, 0.15) is 0 Å². The minimum atomic E-state index is -0.183. The molecule has 4 aromatic rings. The van der Waals surface area contributed by atoms with E-state index in [2.05, 4.69) is 48.5 Å². The van der Waals surface area contributed by atoms with Gasteiger partial charge in [-0.1, -0.05) is 80.9 Å². The van der Waals surface area contributed by atoms with Gasteiger partial charge in [0.2, 0.25) is 0 Å². The molecule has 0 aliphatic rings. The fourth-order valence-corrected chi connectivity index (χ4v) is 3.91. The van der Waals surface area contributed by atoms with Crippen molar-refractivity contribution < 1.29 is 4.79 Å². The first-order valence-corrected chi connectivity index (χ1v) is 11.6. The van der Waals surface area contributed by atoms with Crippen LogP contribution in [0, 0.1) is 0 Å².